The minimum absolute atomic E-state index is 0.0389. The number of likely N-dealkylation sites (tertiary alicyclic amines) is 1. The first-order valence-electron chi connectivity index (χ1n) is 8.05. The van der Waals surface area contributed by atoms with Gasteiger partial charge in [0.15, 0.2) is 0 Å². The van der Waals surface area contributed by atoms with E-state index in [-0.39, 0.29) is 18.4 Å². The predicted octanol–water partition coefficient (Wildman–Crippen LogP) is 0.191. The molecule has 1 aromatic heterocycles. The van der Waals surface area contributed by atoms with Gasteiger partial charge < -0.3 is 25.2 Å². The summed E-state index contributed by atoms with van der Waals surface area (Å²) >= 11 is 0. The lowest BCUT2D eigenvalue weighted by atomic mass is 10.1. The van der Waals surface area contributed by atoms with Crippen LogP contribution in [0.1, 0.15) is 30.7 Å². The quantitative estimate of drug-likeness (QED) is 0.535. The fourth-order valence-electron chi connectivity index (χ4n) is 2.90. The van der Waals surface area contributed by atoms with Gasteiger partial charge >= 0.3 is 6.03 Å². The van der Waals surface area contributed by atoms with Gasteiger partial charge in [0.1, 0.15) is 0 Å². The third-order valence-electron chi connectivity index (χ3n) is 4.11. The number of carbonyl (C=O) groups excluding carboxylic acids is 2. The number of urea groups is 1. The Morgan fingerprint density at radius 3 is 2.92 bits per heavy atom. The molecule has 132 valence electrons. The maximum absolute atomic E-state index is 12.1. The summed E-state index contributed by atoms with van der Waals surface area (Å²) in [4.78, 5) is 42.9. The molecule has 0 unspecified atom stereocenters. The summed E-state index contributed by atoms with van der Waals surface area (Å²) in [6, 6.07) is -0.0389. The zero-order valence-electron chi connectivity index (χ0n) is 13.5. The molecule has 1 aromatic rings. The second kappa shape index (κ2) is 8.90. The van der Waals surface area contributed by atoms with Gasteiger partial charge in [-0.3, -0.25) is 9.59 Å². The van der Waals surface area contributed by atoms with Crippen LogP contribution in [0.25, 0.3) is 0 Å². The van der Waals surface area contributed by atoms with Gasteiger partial charge in [-0.2, -0.15) is 0 Å². The number of nitrogens with one attached hydrogen (secondary N) is 2. The predicted molar refractivity (Wildman–Crippen MR) is 85.2 cm³/mol. The van der Waals surface area contributed by atoms with Crippen molar-refractivity contribution in [3.63, 3.8) is 0 Å². The average molecular weight is 337 g/mol. The second-order valence-electron chi connectivity index (χ2n) is 5.67. The number of imidazole rings is 1. The summed E-state index contributed by atoms with van der Waals surface area (Å²) in [5.74, 6) is 0.240. The number of carbonyl (C=O) groups is 3. The molecule has 0 aliphatic carbocycles. The lowest BCUT2D eigenvalue weighted by Gasteiger charge is -2.26. The number of aromatic amines is 1. The number of aromatic nitrogens is 2. The summed E-state index contributed by atoms with van der Waals surface area (Å²) in [5, 5.41) is 9.82. The molecule has 0 spiro atoms. The number of carboxylic acid groups (broad SMARTS) is 1. The summed E-state index contributed by atoms with van der Waals surface area (Å²) in [6.07, 6.45) is 4.92. The number of rotatable bonds is 4. The van der Waals surface area contributed by atoms with Crippen molar-refractivity contribution in [2.24, 2.45) is 0 Å². The van der Waals surface area contributed by atoms with E-state index in [9.17, 15) is 9.59 Å². The van der Waals surface area contributed by atoms with Crippen LogP contribution >= 0.6 is 0 Å². The Morgan fingerprint density at radius 2 is 2.21 bits per heavy atom. The minimum Gasteiger partial charge on any atom is -0.483 e. The molecule has 0 aromatic carbocycles. The van der Waals surface area contributed by atoms with E-state index in [1.54, 1.807) is 11.2 Å². The normalized spacial score (nSPS) is 16.2. The highest BCUT2D eigenvalue weighted by atomic mass is 16.3. The van der Waals surface area contributed by atoms with Crippen molar-refractivity contribution in [1.29, 1.82) is 0 Å². The van der Waals surface area contributed by atoms with E-state index >= 15 is 0 Å². The number of hydrogen-bond acceptors (Lipinski definition) is 4. The Kier molecular flexibility index (Phi) is 6.59. The van der Waals surface area contributed by atoms with Crippen LogP contribution in [0.3, 0.4) is 0 Å². The molecule has 2 aliphatic rings. The van der Waals surface area contributed by atoms with Gasteiger partial charge in [0.05, 0.1) is 24.3 Å². The van der Waals surface area contributed by atoms with E-state index in [4.69, 9.17) is 9.90 Å². The number of amides is 3. The molecule has 3 heterocycles. The Hall–Kier alpha value is -2.58. The molecule has 3 amide bonds. The molecule has 3 rings (SSSR count). The molecule has 9 heteroatoms. The van der Waals surface area contributed by atoms with Crippen LogP contribution in [0.5, 0.6) is 0 Å². The maximum Gasteiger partial charge on any atom is 0.317 e. The lowest BCUT2D eigenvalue weighted by molar-refractivity contribution is -0.127. The highest BCUT2D eigenvalue weighted by Gasteiger charge is 2.22. The average Bonchev–Trinajstić information content (AvgIpc) is 3.20. The molecule has 0 bridgehead atoms. The van der Waals surface area contributed by atoms with Crippen LogP contribution in [-0.4, -0.2) is 69.5 Å². The van der Waals surface area contributed by atoms with Crippen molar-refractivity contribution >= 4 is 18.4 Å². The summed E-state index contributed by atoms with van der Waals surface area (Å²) in [6.45, 7) is 3.25. The van der Waals surface area contributed by atoms with Crippen molar-refractivity contribution in [1.82, 2.24) is 25.1 Å². The molecule has 0 atom stereocenters. The second-order valence-corrected chi connectivity index (χ2v) is 5.67. The third kappa shape index (κ3) is 4.71. The SMILES string of the molecule is O=C1CCCN1CCCNC(=O)N1CCc2nc[nH]c2C1.O=CO. The van der Waals surface area contributed by atoms with Gasteiger partial charge in [0.2, 0.25) is 5.91 Å². The molecule has 0 radical (unpaired) electrons. The first-order chi connectivity index (χ1) is 11.7. The Bertz CT molecular complexity index is 574. The van der Waals surface area contributed by atoms with Crippen molar-refractivity contribution in [3.8, 4) is 0 Å². The van der Waals surface area contributed by atoms with Gasteiger partial charge in [-0.05, 0) is 12.8 Å². The van der Waals surface area contributed by atoms with E-state index in [0.29, 0.717) is 26.1 Å². The Labute approximate surface area is 140 Å². The van der Waals surface area contributed by atoms with Crippen molar-refractivity contribution in [3.05, 3.63) is 17.7 Å². The van der Waals surface area contributed by atoms with Crippen LogP contribution in [0.4, 0.5) is 4.79 Å². The standard InChI is InChI=1S/C14H21N5O2.CH2O2/c20-13-3-1-6-18(13)7-2-5-15-14(21)19-8-4-11-12(9-19)17-10-16-11;2-1-3/h10H,1-9H2,(H,15,21)(H,16,17);1H,(H,2,3). The van der Waals surface area contributed by atoms with Crippen LogP contribution in [0.2, 0.25) is 0 Å². The fraction of sp³-hybridized carbons (Fsp3) is 0.600. The van der Waals surface area contributed by atoms with Crippen LogP contribution in [0, 0.1) is 0 Å². The highest BCUT2D eigenvalue weighted by molar-refractivity contribution is 5.78. The largest absolute Gasteiger partial charge is 0.483 e. The number of fused-ring (bicyclic) bond motifs is 1. The molecular weight excluding hydrogens is 314 g/mol. The molecule has 9 nitrogen and oxygen atoms in total. The lowest BCUT2D eigenvalue weighted by Crippen LogP contribution is -2.43. The summed E-state index contributed by atoms with van der Waals surface area (Å²) < 4.78 is 0. The topological polar surface area (TPSA) is 119 Å². The highest BCUT2D eigenvalue weighted by Crippen LogP contribution is 2.14. The number of nitrogens with zero attached hydrogens (tertiary/aromatic N) is 3. The molecule has 0 saturated carbocycles. The van der Waals surface area contributed by atoms with Gasteiger partial charge in [-0.25, -0.2) is 9.78 Å². The zero-order valence-corrected chi connectivity index (χ0v) is 13.5. The van der Waals surface area contributed by atoms with Crippen molar-refractivity contribution in [2.75, 3.05) is 26.2 Å². The van der Waals surface area contributed by atoms with Gasteiger partial charge in [0, 0.05) is 39.0 Å². The van der Waals surface area contributed by atoms with Gasteiger partial charge in [-0.15, -0.1) is 0 Å². The molecule has 24 heavy (non-hydrogen) atoms. The van der Waals surface area contributed by atoms with Crippen molar-refractivity contribution in [2.45, 2.75) is 32.2 Å². The first-order valence-corrected chi connectivity index (χ1v) is 8.05. The molecule has 2 aliphatic heterocycles. The Morgan fingerprint density at radius 1 is 1.42 bits per heavy atom. The van der Waals surface area contributed by atoms with Crippen LogP contribution in [0.15, 0.2) is 6.33 Å². The first kappa shape index (κ1) is 17.8. The Balaban J connectivity index is 0.000000647. The molecular formula is C15H23N5O4. The number of hydrogen-bond donors (Lipinski definition) is 3. The number of H-pyrrole nitrogens is 1. The van der Waals surface area contributed by atoms with Gasteiger partial charge in [0.25, 0.3) is 6.47 Å². The van der Waals surface area contributed by atoms with E-state index in [1.165, 1.54) is 0 Å². The third-order valence-corrected chi connectivity index (χ3v) is 4.11. The fourth-order valence-corrected chi connectivity index (χ4v) is 2.90. The van der Waals surface area contributed by atoms with E-state index < -0.39 is 0 Å². The molecule has 3 N–H and O–H groups in total. The summed E-state index contributed by atoms with van der Waals surface area (Å²) in [5.41, 5.74) is 2.09. The van der Waals surface area contributed by atoms with Crippen molar-refractivity contribution < 1.29 is 19.5 Å². The summed E-state index contributed by atoms with van der Waals surface area (Å²) in [7, 11) is 0. The van der Waals surface area contributed by atoms with E-state index in [1.807, 2.05) is 4.90 Å². The minimum atomic E-state index is -0.250. The van der Waals surface area contributed by atoms with Crippen LogP contribution < -0.4 is 5.32 Å². The maximum atomic E-state index is 12.1. The van der Waals surface area contributed by atoms with E-state index in [2.05, 4.69) is 15.3 Å². The van der Waals surface area contributed by atoms with E-state index in [0.717, 1.165) is 43.7 Å². The zero-order chi connectivity index (χ0) is 17.4. The molecule has 1 saturated heterocycles. The smallest absolute Gasteiger partial charge is 0.317 e. The van der Waals surface area contributed by atoms with Gasteiger partial charge in [-0.1, -0.05) is 0 Å². The van der Waals surface area contributed by atoms with Crippen LogP contribution in [-0.2, 0) is 22.6 Å². The monoisotopic (exact) mass is 337 g/mol. The molecule has 1 fully saturated rings.